The summed E-state index contributed by atoms with van der Waals surface area (Å²) in [5.41, 5.74) is 0.208. The minimum Gasteiger partial charge on any atom is -0.394 e. The minimum atomic E-state index is -4.80. The van der Waals surface area contributed by atoms with Crippen LogP contribution in [0.5, 0.6) is 0 Å². The first-order valence-corrected chi connectivity index (χ1v) is 7.91. The van der Waals surface area contributed by atoms with Gasteiger partial charge in [0.1, 0.15) is 18.3 Å². The SMILES string of the molecule is OC[C@@H]1O[C@@H](n2c(C(F)(F)F)nc3cc4ccccc4cc32)[C@@H](O)[C@@H]1O. The largest absolute Gasteiger partial charge is 0.449 e. The van der Waals surface area contributed by atoms with E-state index in [1.807, 2.05) is 0 Å². The summed E-state index contributed by atoms with van der Waals surface area (Å²) in [5.74, 6) is -1.24. The minimum absolute atomic E-state index is 0.0914. The lowest BCUT2D eigenvalue weighted by atomic mass is 10.1. The molecule has 3 N–H and O–H groups in total. The van der Waals surface area contributed by atoms with Gasteiger partial charge in [-0.25, -0.2) is 4.98 Å². The Morgan fingerprint density at radius 3 is 2.31 bits per heavy atom. The Morgan fingerprint density at radius 1 is 1.08 bits per heavy atom. The molecule has 0 amide bonds. The summed E-state index contributed by atoms with van der Waals surface area (Å²) in [6, 6.07) is 10.1. The number of aliphatic hydroxyl groups excluding tert-OH is 3. The lowest BCUT2D eigenvalue weighted by Gasteiger charge is -2.20. The molecule has 4 rings (SSSR count). The number of imidazole rings is 1. The van der Waals surface area contributed by atoms with Crippen LogP contribution in [0.4, 0.5) is 13.2 Å². The molecular formula is C17H15F3N2O4. The third-order valence-electron chi connectivity index (χ3n) is 4.58. The quantitative estimate of drug-likeness (QED) is 0.642. The van der Waals surface area contributed by atoms with Gasteiger partial charge in [0.15, 0.2) is 6.23 Å². The molecule has 0 unspecified atom stereocenters. The second-order valence-electron chi connectivity index (χ2n) is 6.22. The zero-order valence-electron chi connectivity index (χ0n) is 13.3. The lowest BCUT2D eigenvalue weighted by Crippen LogP contribution is -2.33. The first-order valence-electron chi connectivity index (χ1n) is 7.91. The lowest BCUT2D eigenvalue weighted by molar-refractivity contribution is -0.154. The van der Waals surface area contributed by atoms with Crippen LogP contribution in [-0.4, -0.2) is 49.8 Å². The average Bonchev–Trinajstić information content (AvgIpc) is 3.10. The average molecular weight is 368 g/mol. The normalized spacial score (nSPS) is 26.8. The fourth-order valence-electron chi connectivity index (χ4n) is 3.33. The summed E-state index contributed by atoms with van der Waals surface area (Å²) >= 11 is 0. The summed E-state index contributed by atoms with van der Waals surface area (Å²) < 4.78 is 46.7. The summed E-state index contributed by atoms with van der Waals surface area (Å²) in [6.45, 7) is -0.633. The number of halogens is 3. The third kappa shape index (κ3) is 2.55. The van der Waals surface area contributed by atoms with Gasteiger partial charge in [-0.05, 0) is 22.9 Å². The van der Waals surface area contributed by atoms with Crippen LogP contribution >= 0.6 is 0 Å². The molecular weight excluding hydrogens is 353 g/mol. The topological polar surface area (TPSA) is 87.7 Å². The number of alkyl halides is 3. The maximum Gasteiger partial charge on any atom is 0.449 e. The molecule has 1 aromatic heterocycles. The van der Waals surface area contributed by atoms with Crippen molar-refractivity contribution in [3.63, 3.8) is 0 Å². The number of benzene rings is 2. The second kappa shape index (κ2) is 5.92. The van der Waals surface area contributed by atoms with Crippen molar-refractivity contribution < 1.29 is 33.2 Å². The predicted octanol–water partition coefficient (Wildman–Crippen LogP) is 1.82. The molecule has 1 aliphatic heterocycles. The van der Waals surface area contributed by atoms with Crippen LogP contribution in [0.2, 0.25) is 0 Å². The first kappa shape index (κ1) is 17.2. The monoisotopic (exact) mass is 368 g/mol. The number of fused-ring (bicyclic) bond motifs is 2. The van der Waals surface area contributed by atoms with Gasteiger partial charge in [-0.2, -0.15) is 13.2 Å². The van der Waals surface area contributed by atoms with Gasteiger partial charge in [0.2, 0.25) is 5.82 Å². The highest BCUT2D eigenvalue weighted by molar-refractivity contribution is 5.95. The van der Waals surface area contributed by atoms with Crippen molar-refractivity contribution in [2.45, 2.75) is 30.7 Å². The van der Waals surface area contributed by atoms with Gasteiger partial charge in [0, 0.05) is 0 Å². The maximum absolute atomic E-state index is 13.6. The van der Waals surface area contributed by atoms with E-state index in [2.05, 4.69) is 4.98 Å². The van der Waals surface area contributed by atoms with Crippen molar-refractivity contribution in [2.24, 2.45) is 0 Å². The van der Waals surface area contributed by atoms with Gasteiger partial charge in [0.05, 0.1) is 17.6 Å². The molecule has 2 aromatic carbocycles. The summed E-state index contributed by atoms with van der Waals surface area (Å²) in [5, 5.41) is 30.7. The molecule has 26 heavy (non-hydrogen) atoms. The third-order valence-corrected chi connectivity index (χ3v) is 4.58. The van der Waals surface area contributed by atoms with Gasteiger partial charge in [-0.3, -0.25) is 4.57 Å². The van der Waals surface area contributed by atoms with Crippen molar-refractivity contribution in [1.29, 1.82) is 0 Å². The molecule has 4 atom stereocenters. The molecule has 1 fully saturated rings. The fourth-order valence-corrected chi connectivity index (χ4v) is 3.33. The van der Waals surface area contributed by atoms with Crippen molar-refractivity contribution >= 4 is 21.8 Å². The second-order valence-corrected chi connectivity index (χ2v) is 6.22. The number of hydrogen-bond acceptors (Lipinski definition) is 5. The van der Waals surface area contributed by atoms with Gasteiger partial charge in [-0.15, -0.1) is 0 Å². The van der Waals surface area contributed by atoms with E-state index in [1.54, 1.807) is 24.3 Å². The van der Waals surface area contributed by atoms with Gasteiger partial charge < -0.3 is 20.1 Å². The van der Waals surface area contributed by atoms with E-state index in [4.69, 9.17) is 4.74 Å². The Bertz CT molecular complexity index is 972. The Morgan fingerprint density at radius 2 is 1.73 bits per heavy atom. The molecule has 1 aliphatic rings. The van der Waals surface area contributed by atoms with Gasteiger partial charge in [0.25, 0.3) is 0 Å². The zero-order valence-corrected chi connectivity index (χ0v) is 13.3. The molecule has 0 spiro atoms. The van der Waals surface area contributed by atoms with E-state index >= 15 is 0 Å². The molecule has 0 bridgehead atoms. The Labute approximate surface area is 145 Å². The number of rotatable bonds is 2. The molecule has 3 aromatic rings. The number of aliphatic hydroxyl groups is 3. The zero-order chi connectivity index (χ0) is 18.6. The Kier molecular flexibility index (Phi) is 3.92. The molecule has 0 aliphatic carbocycles. The van der Waals surface area contributed by atoms with Crippen LogP contribution in [0.3, 0.4) is 0 Å². The van der Waals surface area contributed by atoms with Crippen molar-refractivity contribution in [2.75, 3.05) is 6.61 Å². The highest BCUT2D eigenvalue weighted by Gasteiger charge is 2.48. The molecule has 138 valence electrons. The number of hydrogen-bond donors (Lipinski definition) is 3. The summed E-state index contributed by atoms with van der Waals surface area (Å²) in [4.78, 5) is 3.69. The van der Waals surface area contributed by atoms with Gasteiger partial charge >= 0.3 is 6.18 Å². The molecule has 6 nitrogen and oxygen atoms in total. The first-order chi connectivity index (χ1) is 12.3. The molecule has 0 saturated carbocycles. The van der Waals surface area contributed by atoms with Crippen LogP contribution in [0.25, 0.3) is 21.8 Å². The Hall–Kier alpha value is -2.20. The predicted molar refractivity (Wildman–Crippen MR) is 85.3 cm³/mol. The van der Waals surface area contributed by atoms with Crippen LogP contribution < -0.4 is 0 Å². The van der Waals surface area contributed by atoms with E-state index in [0.29, 0.717) is 5.39 Å². The smallest absolute Gasteiger partial charge is 0.394 e. The van der Waals surface area contributed by atoms with Crippen molar-refractivity contribution in [3.05, 3.63) is 42.2 Å². The number of aromatic nitrogens is 2. The van der Waals surface area contributed by atoms with E-state index in [9.17, 15) is 28.5 Å². The van der Waals surface area contributed by atoms with E-state index < -0.39 is 43.1 Å². The standard InChI is InChI=1S/C17H15F3N2O4/c18-17(19,20)16-21-10-5-8-3-1-2-4-9(8)6-11(10)22(16)15-14(25)13(24)12(7-23)26-15/h1-6,12-15,23-25H,7H2/t12-,13+,14-,15+/m0/s1. The van der Waals surface area contributed by atoms with Gasteiger partial charge in [-0.1, -0.05) is 24.3 Å². The van der Waals surface area contributed by atoms with E-state index in [0.717, 1.165) is 9.95 Å². The molecule has 2 heterocycles. The highest BCUT2D eigenvalue weighted by atomic mass is 19.4. The fraction of sp³-hybridized carbons (Fsp3) is 0.353. The maximum atomic E-state index is 13.6. The summed E-state index contributed by atoms with van der Waals surface area (Å²) in [7, 11) is 0. The van der Waals surface area contributed by atoms with Crippen LogP contribution in [0.15, 0.2) is 36.4 Å². The molecule has 1 saturated heterocycles. The van der Waals surface area contributed by atoms with E-state index in [1.165, 1.54) is 12.1 Å². The van der Waals surface area contributed by atoms with Crippen molar-refractivity contribution in [1.82, 2.24) is 9.55 Å². The van der Waals surface area contributed by atoms with Crippen LogP contribution in [-0.2, 0) is 10.9 Å². The Balaban J connectivity index is 1.98. The molecule has 0 radical (unpaired) electrons. The van der Waals surface area contributed by atoms with E-state index in [-0.39, 0.29) is 11.0 Å². The highest BCUT2D eigenvalue weighted by Crippen LogP contribution is 2.39. The number of ether oxygens (including phenoxy) is 1. The number of nitrogens with zero attached hydrogens (tertiary/aromatic N) is 2. The van der Waals surface area contributed by atoms with Crippen LogP contribution in [0.1, 0.15) is 12.1 Å². The molecule has 9 heteroatoms. The van der Waals surface area contributed by atoms with Crippen molar-refractivity contribution in [3.8, 4) is 0 Å². The summed E-state index contributed by atoms with van der Waals surface area (Å²) in [6.07, 6.45) is -10.7. The van der Waals surface area contributed by atoms with Crippen LogP contribution in [0, 0.1) is 0 Å².